The molecule has 28 heavy (non-hydrogen) atoms. The van der Waals surface area contributed by atoms with E-state index in [0.29, 0.717) is 25.1 Å². The quantitative estimate of drug-likeness (QED) is 0.755. The molecule has 0 spiro atoms. The number of benzene rings is 1. The van der Waals surface area contributed by atoms with Gasteiger partial charge in [0.25, 0.3) is 0 Å². The number of aromatic nitrogens is 2. The number of aliphatic hydroxyl groups is 2. The van der Waals surface area contributed by atoms with E-state index < -0.39 is 0 Å². The van der Waals surface area contributed by atoms with Crippen molar-refractivity contribution in [3.8, 4) is 17.1 Å². The van der Waals surface area contributed by atoms with Crippen molar-refractivity contribution < 1.29 is 19.7 Å². The van der Waals surface area contributed by atoms with Crippen LogP contribution in [0.25, 0.3) is 11.4 Å². The fourth-order valence-electron chi connectivity index (χ4n) is 4.41. The predicted octanol–water partition coefficient (Wildman–Crippen LogP) is 1.84. The molecule has 2 aliphatic heterocycles. The number of rotatable bonds is 7. The molecule has 4 rings (SSSR count). The smallest absolute Gasteiger partial charge is 0.140 e. The van der Waals surface area contributed by atoms with Gasteiger partial charge in [0.15, 0.2) is 0 Å². The number of aliphatic hydroxyl groups excluding tert-OH is 2. The van der Waals surface area contributed by atoms with Crippen LogP contribution in [0.4, 0.5) is 0 Å². The molecule has 0 aliphatic carbocycles. The minimum atomic E-state index is -0.0628. The van der Waals surface area contributed by atoms with E-state index in [1.165, 1.54) is 0 Å². The number of fused-ring (bicyclic) bond motifs is 1. The Labute approximate surface area is 165 Å². The lowest BCUT2D eigenvalue weighted by atomic mass is 10.1. The van der Waals surface area contributed by atoms with E-state index in [9.17, 15) is 10.2 Å². The van der Waals surface area contributed by atoms with Crippen molar-refractivity contribution in [2.45, 2.75) is 44.6 Å². The first-order valence-corrected chi connectivity index (χ1v) is 10.1. The van der Waals surface area contributed by atoms with Gasteiger partial charge >= 0.3 is 0 Å². The second kappa shape index (κ2) is 8.61. The second-order valence-corrected chi connectivity index (χ2v) is 7.54. The molecule has 0 amide bonds. The number of morpholine rings is 1. The van der Waals surface area contributed by atoms with Gasteiger partial charge < -0.3 is 24.3 Å². The van der Waals surface area contributed by atoms with Crippen LogP contribution in [0.1, 0.15) is 31.4 Å². The Morgan fingerprint density at radius 3 is 2.93 bits per heavy atom. The molecular formula is C21H29N3O4. The first-order chi connectivity index (χ1) is 13.7. The van der Waals surface area contributed by atoms with Gasteiger partial charge in [-0.2, -0.15) is 0 Å². The zero-order valence-corrected chi connectivity index (χ0v) is 16.3. The van der Waals surface area contributed by atoms with Crippen LogP contribution < -0.4 is 4.74 Å². The third kappa shape index (κ3) is 3.80. The molecule has 0 radical (unpaired) electrons. The van der Waals surface area contributed by atoms with Gasteiger partial charge in [0, 0.05) is 55.3 Å². The predicted molar refractivity (Wildman–Crippen MR) is 105 cm³/mol. The van der Waals surface area contributed by atoms with Crippen molar-refractivity contribution in [1.29, 1.82) is 0 Å². The van der Waals surface area contributed by atoms with Gasteiger partial charge in [0.05, 0.1) is 25.9 Å². The van der Waals surface area contributed by atoms with E-state index in [0.717, 1.165) is 48.8 Å². The standard InChI is InChI=1S/C21H29N3O4/c1-2-27-20-4-3-15(9-16(20)13-26)21-22-6-7-24(21)17-10-18-14-28-19(5-8-25)12-23(18)11-17/h3-4,6-7,9,17-19,25-26H,2,5,8,10-14H2,1H3/t17-,18-,19-/m0/s1. The molecule has 0 unspecified atom stereocenters. The fraction of sp³-hybridized carbons (Fsp3) is 0.571. The lowest BCUT2D eigenvalue weighted by molar-refractivity contribution is -0.0567. The van der Waals surface area contributed by atoms with Crippen molar-refractivity contribution in [2.24, 2.45) is 0 Å². The summed E-state index contributed by atoms with van der Waals surface area (Å²) in [4.78, 5) is 7.08. The Morgan fingerprint density at radius 1 is 1.25 bits per heavy atom. The maximum atomic E-state index is 9.71. The number of hydrogen-bond acceptors (Lipinski definition) is 6. The molecule has 0 bridgehead atoms. The maximum Gasteiger partial charge on any atom is 0.140 e. The van der Waals surface area contributed by atoms with Gasteiger partial charge in [-0.15, -0.1) is 0 Å². The van der Waals surface area contributed by atoms with Crippen LogP contribution in [0.2, 0.25) is 0 Å². The molecule has 2 fully saturated rings. The fourth-order valence-corrected chi connectivity index (χ4v) is 4.41. The maximum absolute atomic E-state index is 9.71. The Balaban J connectivity index is 1.54. The number of nitrogens with zero attached hydrogens (tertiary/aromatic N) is 3. The largest absolute Gasteiger partial charge is 0.494 e. The Hall–Kier alpha value is -1.93. The Kier molecular flexibility index (Phi) is 5.96. The summed E-state index contributed by atoms with van der Waals surface area (Å²) in [6, 6.07) is 6.64. The molecule has 2 aliphatic rings. The minimum absolute atomic E-state index is 0.0628. The van der Waals surface area contributed by atoms with Crippen molar-refractivity contribution in [3.63, 3.8) is 0 Å². The average Bonchev–Trinajstić information content (AvgIpc) is 3.35. The molecule has 3 atom stereocenters. The van der Waals surface area contributed by atoms with Crippen LogP contribution in [0.3, 0.4) is 0 Å². The first-order valence-electron chi connectivity index (χ1n) is 10.1. The molecule has 152 valence electrons. The van der Waals surface area contributed by atoms with Gasteiger partial charge in [-0.05, 0) is 38.0 Å². The number of imidazole rings is 1. The zero-order valence-electron chi connectivity index (χ0n) is 16.3. The molecule has 2 N–H and O–H groups in total. The normalized spacial score (nSPS) is 25.0. The molecule has 2 saturated heterocycles. The van der Waals surface area contributed by atoms with E-state index in [2.05, 4.69) is 14.5 Å². The van der Waals surface area contributed by atoms with Crippen LogP contribution in [0, 0.1) is 0 Å². The molecular weight excluding hydrogens is 358 g/mol. The van der Waals surface area contributed by atoms with Crippen LogP contribution in [0.5, 0.6) is 5.75 Å². The monoisotopic (exact) mass is 387 g/mol. The lowest BCUT2D eigenvalue weighted by Crippen LogP contribution is -2.46. The molecule has 7 nitrogen and oxygen atoms in total. The zero-order chi connectivity index (χ0) is 19.5. The highest BCUT2D eigenvalue weighted by atomic mass is 16.5. The summed E-state index contributed by atoms with van der Waals surface area (Å²) in [6.45, 7) is 5.18. The first kappa shape index (κ1) is 19.4. The van der Waals surface area contributed by atoms with Gasteiger partial charge in [-0.25, -0.2) is 4.98 Å². The topological polar surface area (TPSA) is 80.0 Å². The average molecular weight is 387 g/mol. The molecule has 7 heteroatoms. The van der Waals surface area contributed by atoms with Gasteiger partial charge in [-0.3, -0.25) is 4.90 Å². The summed E-state index contributed by atoms with van der Waals surface area (Å²) in [6.07, 6.45) is 5.73. The van der Waals surface area contributed by atoms with Crippen LogP contribution in [-0.2, 0) is 11.3 Å². The highest BCUT2D eigenvalue weighted by Gasteiger charge is 2.38. The summed E-state index contributed by atoms with van der Waals surface area (Å²) in [5, 5.41) is 18.9. The van der Waals surface area contributed by atoms with Crippen LogP contribution >= 0.6 is 0 Å². The summed E-state index contributed by atoms with van der Waals surface area (Å²) in [5.74, 6) is 1.63. The second-order valence-electron chi connectivity index (χ2n) is 7.54. The summed E-state index contributed by atoms with van der Waals surface area (Å²) in [5.41, 5.74) is 1.76. The highest BCUT2D eigenvalue weighted by molar-refractivity contribution is 5.59. The molecule has 3 heterocycles. The van der Waals surface area contributed by atoms with E-state index in [-0.39, 0.29) is 19.3 Å². The summed E-state index contributed by atoms with van der Waals surface area (Å²) >= 11 is 0. The van der Waals surface area contributed by atoms with Gasteiger partial charge in [0.1, 0.15) is 11.6 Å². The van der Waals surface area contributed by atoms with Crippen molar-refractivity contribution in [1.82, 2.24) is 14.5 Å². The molecule has 1 aromatic heterocycles. The van der Waals surface area contributed by atoms with E-state index in [1.807, 2.05) is 37.5 Å². The Bertz CT molecular complexity index is 794. The highest BCUT2D eigenvalue weighted by Crippen LogP contribution is 2.34. The van der Waals surface area contributed by atoms with Crippen molar-refractivity contribution in [2.75, 3.05) is 32.9 Å². The molecule has 1 aromatic carbocycles. The van der Waals surface area contributed by atoms with Crippen LogP contribution in [-0.4, -0.2) is 69.7 Å². The van der Waals surface area contributed by atoms with Crippen molar-refractivity contribution in [3.05, 3.63) is 36.2 Å². The van der Waals surface area contributed by atoms with Gasteiger partial charge in [0.2, 0.25) is 0 Å². The SMILES string of the molecule is CCOc1ccc(-c2nccn2[C@H]2C[C@H]3CO[C@@H](CCO)CN3C2)cc1CO. The van der Waals surface area contributed by atoms with Crippen molar-refractivity contribution >= 4 is 0 Å². The minimum Gasteiger partial charge on any atom is -0.494 e. The third-order valence-electron chi connectivity index (χ3n) is 5.77. The molecule has 2 aromatic rings. The summed E-state index contributed by atoms with van der Waals surface area (Å²) < 4.78 is 13.8. The Morgan fingerprint density at radius 2 is 2.14 bits per heavy atom. The number of ether oxygens (including phenoxy) is 2. The van der Waals surface area contributed by atoms with E-state index in [1.54, 1.807) is 0 Å². The van der Waals surface area contributed by atoms with Gasteiger partial charge in [-0.1, -0.05) is 0 Å². The van der Waals surface area contributed by atoms with Crippen LogP contribution in [0.15, 0.2) is 30.6 Å². The third-order valence-corrected chi connectivity index (χ3v) is 5.77. The van der Waals surface area contributed by atoms with E-state index in [4.69, 9.17) is 9.47 Å². The lowest BCUT2D eigenvalue weighted by Gasteiger charge is -2.34. The molecule has 0 saturated carbocycles. The number of hydrogen-bond donors (Lipinski definition) is 2. The summed E-state index contributed by atoms with van der Waals surface area (Å²) in [7, 11) is 0. The van der Waals surface area contributed by atoms with E-state index >= 15 is 0 Å².